The number of amides is 1. The minimum Gasteiger partial charge on any atom is -0.465 e. The van der Waals surface area contributed by atoms with Crippen molar-refractivity contribution in [2.75, 3.05) is 27.2 Å². The van der Waals surface area contributed by atoms with Crippen LogP contribution in [0.5, 0.6) is 0 Å². The van der Waals surface area contributed by atoms with Gasteiger partial charge in [0.15, 0.2) is 5.78 Å². The summed E-state index contributed by atoms with van der Waals surface area (Å²) in [5.41, 5.74) is 0.549. The number of rotatable bonds is 1. The van der Waals surface area contributed by atoms with E-state index >= 15 is 0 Å². The first-order valence-electron chi connectivity index (χ1n) is 3.89. The van der Waals surface area contributed by atoms with Crippen LogP contribution >= 0.6 is 0 Å². The van der Waals surface area contributed by atoms with Crippen LogP contribution in [0.1, 0.15) is 0 Å². The van der Waals surface area contributed by atoms with Crippen molar-refractivity contribution >= 4 is 11.9 Å². The number of carboxylic acid groups (broad SMARTS) is 1. The van der Waals surface area contributed by atoms with E-state index in [4.69, 9.17) is 5.11 Å². The third kappa shape index (κ3) is 2.21. The van der Waals surface area contributed by atoms with Gasteiger partial charge in [0.05, 0.1) is 13.1 Å². The summed E-state index contributed by atoms with van der Waals surface area (Å²) < 4.78 is 0. The molecule has 1 fully saturated rings. The zero-order valence-corrected chi connectivity index (χ0v) is 7.65. The van der Waals surface area contributed by atoms with Crippen LogP contribution < -0.4 is 0 Å². The van der Waals surface area contributed by atoms with Crippen molar-refractivity contribution in [3.8, 4) is 0 Å². The average molecular weight is 184 g/mol. The van der Waals surface area contributed by atoms with Gasteiger partial charge in [-0.15, -0.1) is 0 Å². The van der Waals surface area contributed by atoms with E-state index in [1.807, 2.05) is 0 Å². The Kier molecular flexibility index (Phi) is 2.55. The Balaban J connectivity index is 2.72. The molecular weight excluding hydrogens is 172 g/mol. The lowest BCUT2D eigenvalue weighted by Gasteiger charge is -2.08. The van der Waals surface area contributed by atoms with Crippen LogP contribution in [0.3, 0.4) is 0 Å². The van der Waals surface area contributed by atoms with E-state index in [0.717, 1.165) is 4.90 Å². The van der Waals surface area contributed by atoms with Crippen molar-refractivity contribution in [3.63, 3.8) is 0 Å². The fourth-order valence-electron chi connectivity index (χ4n) is 1.18. The molecule has 1 aliphatic heterocycles. The van der Waals surface area contributed by atoms with E-state index in [2.05, 4.69) is 0 Å². The SMILES string of the molecule is CN(C)C=C1CN(C(=O)O)CC1=O. The van der Waals surface area contributed by atoms with E-state index in [0.29, 0.717) is 5.57 Å². The number of carbonyl (C=O) groups is 2. The van der Waals surface area contributed by atoms with Gasteiger partial charge in [0, 0.05) is 25.9 Å². The molecule has 0 bridgehead atoms. The highest BCUT2D eigenvalue weighted by molar-refractivity contribution is 6.01. The van der Waals surface area contributed by atoms with Crippen LogP contribution in [0.25, 0.3) is 0 Å². The molecule has 0 spiro atoms. The van der Waals surface area contributed by atoms with Gasteiger partial charge in [0.25, 0.3) is 0 Å². The van der Waals surface area contributed by atoms with Gasteiger partial charge in [0.1, 0.15) is 0 Å². The third-order valence-electron chi connectivity index (χ3n) is 1.74. The van der Waals surface area contributed by atoms with Crippen molar-refractivity contribution in [1.29, 1.82) is 0 Å². The molecule has 5 heteroatoms. The molecule has 1 amide bonds. The monoisotopic (exact) mass is 184 g/mol. The molecule has 13 heavy (non-hydrogen) atoms. The lowest BCUT2D eigenvalue weighted by atomic mass is 10.2. The zero-order chi connectivity index (χ0) is 10.0. The summed E-state index contributed by atoms with van der Waals surface area (Å²) in [5.74, 6) is -0.115. The van der Waals surface area contributed by atoms with Crippen molar-refractivity contribution in [2.45, 2.75) is 0 Å². The second-order valence-electron chi connectivity index (χ2n) is 3.18. The molecule has 1 rings (SSSR count). The Morgan fingerprint density at radius 3 is 2.54 bits per heavy atom. The Bertz CT molecular complexity index is 271. The quantitative estimate of drug-likeness (QED) is 0.582. The van der Waals surface area contributed by atoms with Crippen molar-refractivity contribution < 1.29 is 14.7 Å². The maximum atomic E-state index is 11.2. The van der Waals surface area contributed by atoms with E-state index in [9.17, 15) is 9.59 Å². The lowest BCUT2D eigenvalue weighted by Crippen LogP contribution is -2.26. The standard InChI is InChI=1S/C8H12N2O3/c1-9(2)3-6-4-10(8(12)13)5-7(6)11/h3H,4-5H2,1-2H3,(H,12,13). The summed E-state index contributed by atoms with van der Waals surface area (Å²) in [6, 6.07) is 0. The first-order chi connectivity index (χ1) is 6.00. The van der Waals surface area contributed by atoms with Gasteiger partial charge in [-0.1, -0.05) is 0 Å². The minimum atomic E-state index is -1.05. The first kappa shape index (κ1) is 9.57. The summed E-state index contributed by atoms with van der Waals surface area (Å²) in [4.78, 5) is 24.6. The summed E-state index contributed by atoms with van der Waals surface area (Å²) >= 11 is 0. The Morgan fingerprint density at radius 2 is 2.15 bits per heavy atom. The third-order valence-corrected chi connectivity index (χ3v) is 1.74. The fourth-order valence-corrected chi connectivity index (χ4v) is 1.18. The molecule has 1 heterocycles. The van der Waals surface area contributed by atoms with Gasteiger partial charge in [-0.3, -0.25) is 9.69 Å². The van der Waals surface area contributed by atoms with Gasteiger partial charge >= 0.3 is 6.09 Å². The van der Waals surface area contributed by atoms with Gasteiger partial charge in [0.2, 0.25) is 0 Å². The summed E-state index contributed by atoms with van der Waals surface area (Å²) in [5, 5.41) is 8.62. The first-order valence-corrected chi connectivity index (χ1v) is 3.89. The number of likely N-dealkylation sites (tertiary alicyclic amines) is 1. The number of hydrogen-bond donors (Lipinski definition) is 1. The van der Waals surface area contributed by atoms with E-state index in [-0.39, 0.29) is 18.9 Å². The number of Topliss-reactive ketones (excluding diaryl/α,β-unsaturated/α-hetero) is 1. The molecule has 0 aliphatic carbocycles. The van der Waals surface area contributed by atoms with Crippen LogP contribution in [0.15, 0.2) is 11.8 Å². The predicted octanol–water partition coefficient (Wildman–Crippen LogP) is -0.00540. The largest absolute Gasteiger partial charge is 0.465 e. The molecule has 1 N–H and O–H groups in total. The molecular formula is C8H12N2O3. The number of nitrogens with zero attached hydrogens (tertiary/aromatic N) is 2. The molecule has 0 unspecified atom stereocenters. The van der Waals surface area contributed by atoms with Gasteiger partial charge in [-0.2, -0.15) is 0 Å². The average Bonchev–Trinajstić information content (AvgIpc) is 2.31. The number of carbonyl (C=O) groups excluding carboxylic acids is 1. The molecule has 1 saturated heterocycles. The molecule has 0 aromatic heterocycles. The van der Waals surface area contributed by atoms with E-state index in [1.54, 1.807) is 25.2 Å². The summed E-state index contributed by atoms with van der Waals surface area (Å²) in [6.07, 6.45) is 0.612. The summed E-state index contributed by atoms with van der Waals surface area (Å²) in [7, 11) is 3.59. The molecule has 72 valence electrons. The van der Waals surface area contributed by atoms with Gasteiger partial charge < -0.3 is 10.0 Å². The number of ketones is 1. The molecule has 5 nitrogen and oxygen atoms in total. The topological polar surface area (TPSA) is 60.9 Å². The smallest absolute Gasteiger partial charge is 0.408 e. The van der Waals surface area contributed by atoms with Crippen LogP contribution in [-0.4, -0.2) is 54.0 Å². The van der Waals surface area contributed by atoms with Crippen LogP contribution in [0.2, 0.25) is 0 Å². The molecule has 0 saturated carbocycles. The van der Waals surface area contributed by atoms with E-state index in [1.165, 1.54) is 0 Å². The van der Waals surface area contributed by atoms with Crippen LogP contribution in [-0.2, 0) is 4.79 Å². The molecule has 0 radical (unpaired) electrons. The normalized spacial score (nSPS) is 19.7. The second-order valence-corrected chi connectivity index (χ2v) is 3.18. The van der Waals surface area contributed by atoms with Crippen LogP contribution in [0, 0.1) is 0 Å². The molecule has 0 aromatic rings. The van der Waals surface area contributed by atoms with Crippen molar-refractivity contribution in [3.05, 3.63) is 11.8 Å². The van der Waals surface area contributed by atoms with Crippen LogP contribution in [0.4, 0.5) is 4.79 Å². The zero-order valence-electron chi connectivity index (χ0n) is 7.65. The Labute approximate surface area is 76.2 Å². The van der Waals surface area contributed by atoms with E-state index < -0.39 is 6.09 Å². The van der Waals surface area contributed by atoms with Crippen molar-refractivity contribution in [2.24, 2.45) is 0 Å². The molecule has 0 aromatic carbocycles. The lowest BCUT2D eigenvalue weighted by molar-refractivity contribution is -0.114. The highest BCUT2D eigenvalue weighted by atomic mass is 16.4. The van der Waals surface area contributed by atoms with Gasteiger partial charge in [-0.25, -0.2) is 4.79 Å². The van der Waals surface area contributed by atoms with Crippen molar-refractivity contribution in [1.82, 2.24) is 9.80 Å². The maximum absolute atomic E-state index is 11.2. The maximum Gasteiger partial charge on any atom is 0.408 e. The summed E-state index contributed by atoms with van der Waals surface area (Å²) in [6.45, 7) is 0.182. The number of hydrogen-bond acceptors (Lipinski definition) is 3. The second kappa shape index (κ2) is 3.47. The highest BCUT2D eigenvalue weighted by Crippen LogP contribution is 2.11. The minimum absolute atomic E-state index is 0.0188. The Hall–Kier alpha value is -1.52. The molecule has 1 aliphatic rings. The highest BCUT2D eigenvalue weighted by Gasteiger charge is 2.28. The Morgan fingerprint density at radius 1 is 1.54 bits per heavy atom. The fraction of sp³-hybridized carbons (Fsp3) is 0.500. The van der Waals surface area contributed by atoms with Gasteiger partial charge in [-0.05, 0) is 0 Å². The molecule has 0 atom stereocenters. The predicted molar refractivity (Wildman–Crippen MR) is 46.4 cm³/mol.